The molecule has 0 fully saturated rings. The van der Waals surface area contributed by atoms with Crippen molar-refractivity contribution in [2.75, 3.05) is 13.6 Å². The number of furan rings is 1. The van der Waals surface area contributed by atoms with Crippen LogP contribution in [0.3, 0.4) is 0 Å². The molecule has 2 rings (SSSR count). The van der Waals surface area contributed by atoms with Gasteiger partial charge in [0.05, 0.1) is 13.3 Å². The molecule has 0 aliphatic heterocycles. The second kappa shape index (κ2) is 7.37. The number of hydrogen-bond donors (Lipinski definition) is 3. The van der Waals surface area contributed by atoms with Crippen LogP contribution in [0.4, 0.5) is 4.39 Å². The Balaban J connectivity index is 1.74. The van der Waals surface area contributed by atoms with E-state index in [2.05, 4.69) is 10.9 Å². The third-order valence-electron chi connectivity index (χ3n) is 2.94. The maximum Gasteiger partial charge on any atom is 0.305 e. The maximum atomic E-state index is 12.8. The molecule has 0 bridgehead atoms. The van der Waals surface area contributed by atoms with Gasteiger partial charge in [-0.2, -0.15) is 0 Å². The average molecular weight is 306 g/mol. The zero-order valence-corrected chi connectivity index (χ0v) is 12.1. The minimum Gasteiger partial charge on any atom is -0.459 e. The topological polar surface area (TPSA) is 75.8 Å². The van der Waals surface area contributed by atoms with Gasteiger partial charge in [-0.1, -0.05) is 12.1 Å². The molecular weight excluding hydrogens is 289 g/mol. The fraction of sp³-hybridized carbons (Fsp3) is 0.200. The first kappa shape index (κ1) is 15.7. The van der Waals surface area contributed by atoms with Crippen LogP contribution in [-0.2, 0) is 11.3 Å². The summed E-state index contributed by atoms with van der Waals surface area (Å²) < 4.78 is 17.7. The number of halogens is 1. The summed E-state index contributed by atoms with van der Waals surface area (Å²) in [4.78, 5) is 24.2. The lowest BCUT2D eigenvalue weighted by Crippen LogP contribution is -3.09. The van der Waals surface area contributed by atoms with E-state index >= 15 is 0 Å². The number of likely N-dealkylation sites (N-methyl/N-ethyl adjacent to an activating group) is 1. The van der Waals surface area contributed by atoms with Crippen LogP contribution < -0.4 is 15.8 Å². The molecule has 0 saturated carbocycles. The van der Waals surface area contributed by atoms with Crippen LogP contribution in [0.25, 0.3) is 0 Å². The molecular formula is C15H17FN3O3+. The van der Waals surface area contributed by atoms with E-state index in [1.807, 2.05) is 7.05 Å². The molecule has 116 valence electrons. The third-order valence-corrected chi connectivity index (χ3v) is 2.94. The van der Waals surface area contributed by atoms with Crippen molar-refractivity contribution in [1.29, 1.82) is 0 Å². The van der Waals surface area contributed by atoms with Crippen molar-refractivity contribution in [3.8, 4) is 0 Å². The second-order valence-corrected chi connectivity index (χ2v) is 4.92. The number of rotatable bonds is 5. The first-order valence-corrected chi connectivity index (χ1v) is 6.73. The molecule has 3 N–H and O–H groups in total. The molecule has 1 aromatic heterocycles. The molecule has 1 heterocycles. The Morgan fingerprint density at radius 2 is 1.91 bits per heavy atom. The standard InChI is InChI=1S/C15H16FN3O3/c1-19(9-11-4-6-12(16)7-5-11)10-14(20)17-18-15(21)13-3-2-8-22-13/h2-8H,9-10H2,1H3,(H,17,20)(H,18,21)/p+1. The maximum absolute atomic E-state index is 12.8. The zero-order chi connectivity index (χ0) is 15.9. The summed E-state index contributed by atoms with van der Waals surface area (Å²) in [5.74, 6) is -1.03. The molecule has 1 atom stereocenters. The van der Waals surface area contributed by atoms with E-state index in [0.29, 0.717) is 6.54 Å². The van der Waals surface area contributed by atoms with Gasteiger partial charge in [-0.05, 0) is 24.3 Å². The average Bonchev–Trinajstić information content (AvgIpc) is 3.01. The Hall–Kier alpha value is -2.67. The lowest BCUT2D eigenvalue weighted by Gasteiger charge is -2.14. The fourth-order valence-corrected chi connectivity index (χ4v) is 1.93. The Morgan fingerprint density at radius 3 is 2.55 bits per heavy atom. The van der Waals surface area contributed by atoms with Crippen LogP contribution in [0.15, 0.2) is 47.1 Å². The van der Waals surface area contributed by atoms with Crippen molar-refractivity contribution in [1.82, 2.24) is 10.9 Å². The second-order valence-electron chi connectivity index (χ2n) is 4.92. The Morgan fingerprint density at radius 1 is 1.18 bits per heavy atom. The van der Waals surface area contributed by atoms with Crippen molar-refractivity contribution in [2.24, 2.45) is 0 Å². The molecule has 22 heavy (non-hydrogen) atoms. The minimum atomic E-state index is -0.519. The number of amides is 2. The first-order chi connectivity index (χ1) is 10.5. The summed E-state index contributed by atoms with van der Waals surface area (Å²) >= 11 is 0. The number of carbonyl (C=O) groups excluding carboxylic acids is 2. The van der Waals surface area contributed by atoms with Crippen LogP contribution in [0.5, 0.6) is 0 Å². The normalized spacial score (nSPS) is 11.7. The van der Waals surface area contributed by atoms with Crippen molar-refractivity contribution < 1.29 is 23.3 Å². The number of hydrogen-bond acceptors (Lipinski definition) is 3. The van der Waals surface area contributed by atoms with Gasteiger partial charge in [0.2, 0.25) is 0 Å². The minimum absolute atomic E-state index is 0.118. The predicted molar refractivity (Wildman–Crippen MR) is 76.2 cm³/mol. The molecule has 0 saturated heterocycles. The summed E-state index contributed by atoms with van der Waals surface area (Å²) in [6.45, 7) is 0.732. The summed E-state index contributed by atoms with van der Waals surface area (Å²) in [6, 6.07) is 9.19. The van der Waals surface area contributed by atoms with E-state index < -0.39 is 5.91 Å². The molecule has 0 spiro atoms. The van der Waals surface area contributed by atoms with Gasteiger partial charge in [0.25, 0.3) is 5.91 Å². The van der Waals surface area contributed by atoms with Gasteiger partial charge >= 0.3 is 5.91 Å². The van der Waals surface area contributed by atoms with E-state index in [4.69, 9.17) is 4.42 Å². The highest BCUT2D eigenvalue weighted by atomic mass is 19.1. The highest BCUT2D eigenvalue weighted by Crippen LogP contribution is 2.00. The molecule has 0 aliphatic rings. The summed E-state index contributed by atoms with van der Waals surface area (Å²) in [5.41, 5.74) is 5.51. The van der Waals surface area contributed by atoms with Gasteiger partial charge in [-0.15, -0.1) is 0 Å². The predicted octanol–water partition coefficient (Wildman–Crippen LogP) is -0.105. The van der Waals surface area contributed by atoms with Crippen molar-refractivity contribution >= 4 is 11.8 Å². The van der Waals surface area contributed by atoms with Crippen LogP contribution in [0.1, 0.15) is 16.1 Å². The largest absolute Gasteiger partial charge is 0.459 e. The molecule has 6 nitrogen and oxygen atoms in total. The molecule has 7 heteroatoms. The van der Waals surface area contributed by atoms with Crippen LogP contribution in [0.2, 0.25) is 0 Å². The molecule has 0 aliphatic carbocycles. The molecule has 1 unspecified atom stereocenters. The monoisotopic (exact) mass is 306 g/mol. The summed E-state index contributed by atoms with van der Waals surface area (Å²) in [5, 5.41) is 0. The van der Waals surface area contributed by atoms with Crippen molar-refractivity contribution in [2.45, 2.75) is 6.54 Å². The summed E-state index contributed by atoms with van der Waals surface area (Å²) in [6.07, 6.45) is 1.37. The Kier molecular flexibility index (Phi) is 5.26. The number of carbonyl (C=O) groups is 2. The number of nitrogens with one attached hydrogen (secondary N) is 3. The molecule has 0 radical (unpaired) electrons. The SMILES string of the molecule is C[NH+](CC(=O)NNC(=O)c1ccco1)Cc1ccc(F)cc1. The zero-order valence-electron chi connectivity index (χ0n) is 12.1. The van der Waals surface area contributed by atoms with Gasteiger partial charge in [0.1, 0.15) is 12.4 Å². The van der Waals surface area contributed by atoms with Crippen LogP contribution in [0, 0.1) is 5.82 Å². The lowest BCUT2D eigenvalue weighted by molar-refractivity contribution is -0.885. The van der Waals surface area contributed by atoms with E-state index in [1.165, 1.54) is 24.5 Å². The fourth-order valence-electron chi connectivity index (χ4n) is 1.93. The van der Waals surface area contributed by atoms with Crippen molar-refractivity contribution in [3.05, 3.63) is 59.8 Å². The Bertz CT molecular complexity index is 626. The smallest absolute Gasteiger partial charge is 0.305 e. The number of benzene rings is 1. The highest BCUT2D eigenvalue weighted by Gasteiger charge is 2.13. The van der Waals surface area contributed by atoms with E-state index in [1.54, 1.807) is 18.2 Å². The van der Waals surface area contributed by atoms with Gasteiger partial charge in [0.15, 0.2) is 12.3 Å². The van der Waals surface area contributed by atoms with Crippen LogP contribution >= 0.6 is 0 Å². The van der Waals surface area contributed by atoms with Gasteiger partial charge < -0.3 is 9.32 Å². The third kappa shape index (κ3) is 4.71. The quantitative estimate of drug-likeness (QED) is 0.675. The van der Waals surface area contributed by atoms with Crippen molar-refractivity contribution in [3.63, 3.8) is 0 Å². The summed E-state index contributed by atoms with van der Waals surface area (Å²) in [7, 11) is 1.83. The molecule has 2 amide bonds. The van der Waals surface area contributed by atoms with E-state index in [-0.39, 0.29) is 24.0 Å². The van der Waals surface area contributed by atoms with Gasteiger partial charge in [-0.3, -0.25) is 20.4 Å². The van der Waals surface area contributed by atoms with Gasteiger partial charge in [-0.25, -0.2) is 4.39 Å². The van der Waals surface area contributed by atoms with E-state index in [0.717, 1.165) is 10.5 Å². The van der Waals surface area contributed by atoms with E-state index in [9.17, 15) is 14.0 Å². The number of hydrazine groups is 1. The number of quaternary nitrogens is 1. The van der Waals surface area contributed by atoms with Gasteiger partial charge in [0, 0.05) is 5.56 Å². The lowest BCUT2D eigenvalue weighted by atomic mass is 10.2. The Labute approximate surface area is 126 Å². The molecule has 1 aromatic carbocycles. The molecule has 2 aromatic rings. The van der Waals surface area contributed by atoms with Crippen LogP contribution in [-0.4, -0.2) is 25.4 Å². The highest BCUT2D eigenvalue weighted by molar-refractivity contribution is 5.92. The first-order valence-electron chi connectivity index (χ1n) is 6.73.